The van der Waals surface area contributed by atoms with Gasteiger partial charge in [-0.1, -0.05) is 23.7 Å². The van der Waals surface area contributed by atoms with E-state index in [1.54, 1.807) is 35.2 Å². The predicted molar refractivity (Wildman–Crippen MR) is 131 cm³/mol. The number of methoxy groups -OCH3 is 2. The lowest BCUT2D eigenvalue weighted by Crippen LogP contribution is -2.40. The van der Waals surface area contributed by atoms with Gasteiger partial charge in [0.1, 0.15) is 11.5 Å². The maximum Gasteiger partial charge on any atom is 0.321 e. The number of carbonyl (C=O) groups excluding carboxylic acids is 1. The minimum absolute atomic E-state index is 0.0416. The van der Waals surface area contributed by atoms with E-state index in [-0.39, 0.29) is 17.6 Å². The molecule has 11 heteroatoms. The minimum atomic E-state index is -0.392. The molecule has 0 unspecified atom stereocenters. The zero-order chi connectivity index (χ0) is 24.2. The van der Waals surface area contributed by atoms with Gasteiger partial charge in [0.2, 0.25) is 0 Å². The summed E-state index contributed by atoms with van der Waals surface area (Å²) in [6, 6.07) is 9.59. The van der Waals surface area contributed by atoms with Gasteiger partial charge in [0.05, 0.1) is 46.1 Å². The van der Waals surface area contributed by atoms with Gasteiger partial charge in [-0.15, -0.1) is 11.3 Å². The van der Waals surface area contributed by atoms with Gasteiger partial charge in [-0.2, -0.15) is 0 Å². The van der Waals surface area contributed by atoms with Gasteiger partial charge >= 0.3 is 6.03 Å². The Morgan fingerprint density at radius 1 is 1.21 bits per heavy atom. The van der Waals surface area contributed by atoms with E-state index < -0.39 is 4.92 Å². The maximum absolute atomic E-state index is 12.8. The average Bonchev–Trinajstić information content (AvgIpc) is 3.34. The largest absolute Gasteiger partial charge is 0.495 e. The molecule has 1 aromatic heterocycles. The van der Waals surface area contributed by atoms with E-state index in [1.165, 1.54) is 31.6 Å². The summed E-state index contributed by atoms with van der Waals surface area (Å²) in [5.41, 5.74) is 1.63. The Balaban J connectivity index is 1.40. The van der Waals surface area contributed by atoms with Crippen molar-refractivity contribution in [2.24, 2.45) is 0 Å². The third kappa shape index (κ3) is 4.92. The fourth-order valence-electron chi connectivity index (χ4n) is 3.93. The van der Waals surface area contributed by atoms with Crippen molar-refractivity contribution in [1.82, 2.24) is 9.88 Å². The highest BCUT2D eigenvalue weighted by molar-refractivity contribution is 7.10. The number of amides is 2. The van der Waals surface area contributed by atoms with Crippen LogP contribution in [0, 0.1) is 10.1 Å². The van der Waals surface area contributed by atoms with Crippen molar-refractivity contribution in [2.75, 3.05) is 32.6 Å². The smallest absolute Gasteiger partial charge is 0.321 e. The van der Waals surface area contributed by atoms with Crippen LogP contribution >= 0.6 is 22.9 Å². The van der Waals surface area contributed by atoms with Gasteiger partial charge in [0, 0.05) is 36.5 Å². The molecule has 1 N–H and O–H groups in total. The summed E-state index contributed by atoms with van der Waals surface area (Å²) in [6.07, 6.45) is 1.50. The molecule has 0 radical (unpaired) electrons. The highest BCUT2D eigenvalue weighted by Crippen LogP contribution is 2.37. The molecule has 1 saturated heterocycles. The van der Waals surface area contributed by atoms with Crippen LogP contribution in [0.1, 0.15) is 23.8 Å². The molecule has 1 fully saturated rings. The number of nitro benzene ring substituents is 1. The van der Waals surface area contributed by atoms with E-state index in [0.717, 1.165) is 17.8 Å². The number of urea groups is 1. The lowest BCUT2D eigenvalue weighted by molar-refractivity contribution is -0.384. The Morgan fingerprint density at radius 3 is 2.59 bits per heavy atom. The number of nitrogens with zero attached hydrogens (tertiary/aromatic N) is 3. The molecule has 2 aromatic carbocycles. The zero-order valence-electron chi connectivity index (χ0n) is 18.6. The molecule has 2 amide bonds. The number of benzene rings is 2. The second kappa shape index (κ2) is 10.3. The second-order valence-electron chi connectivity index (χ2n) is 7.72. The highest BCUT2D eigenvalue weighted by Gasteiger charge is 2.27. The lowest BCUT2D eigenvalue weighted by atomic mass is 9.97. The number of nitro groups is 1. The molecule has 1 aliphatic rings. The van der Waals surface area contributed by atoms with Crippen molar-refractivity contribution >= 4 is 40.3 Å². The SMILES string of the molecule is COc1cc(OC)c(NC(=O)N2CCC(c3nc(-c4ccccc4[N+](=O)[O-])cs3)CC2)cc1Cl. The fourth-order valence-corrected chi connectivity index (χ4v) is 5.16. The molecule has 9 nitrogen and oxygen atoms in total. The summed E-state index contributed by atoms with van der Waals surface area (Å²) in [5, 5.41) is 17.4. The lowest BCUT2D eigenvalue weighted by Gasteiger charge is -2.31. The van der Waals surface area contributed by atoms with E-state index in [2.05, 4.69) is 10.3 Å². The van der Waals surface area contributed by atoms with Crippen LogP contribution in [-0.2, 0) is 0 Å². The molecule has 34 heavy (non-hydrogen) atoms. The van der Waals surface area contributed by atoms with Crippen molar-refractivity contribution in [2.45, 2.75) is 18.8 Å². The second-order valence-corrected chi connectivity index (χ2v) is 9.02. The molecule has 0 aliphatic carbocycles. The summed E-state index contributed by atoms with van der Waals surface area (Å²) < 4.78 is 10.5. The number of hydrogen-bond acceptors (Lipinski definition) is 7. The van der Waals surface area contributed by atoms with Crippen LogP contribution in [0.25, 0.3) is 11.3 Å². The number of rotatable bonds is 6. The van der Waals surface area contributed by atoms with E-state index >= 15 is 0 Å². The van der Waals surface area contributed by atoms with Crippen LogP contribution in [0.5, 0.6) is 11.5 Å². The third-order valence-corrected chi connectivity index (χ3v) is 7.05. The molecule has 1 aliphatic heterocycles. The number of carbonyl (C=O) groups is 1. The van der Waals surface area contributed by atoms with Crippen LogP contribution in [0.2, 0.25) is 5.02 Å². The first-order valence-corrected chi connectivity index (χ1v) is 11.8. The Hall–Kier alpha value is -3.37. The van der Waals surface area contributed by atoms with Crippen molar-refractivity contribution in [3.8, 4) is 22.8 Å². The third-order valence-electron chi connectivity index (χ3n) is 5.75. The number of anilines is 1. The first-order valence-electron chi connectivity index (χ1n) is 10.6. The van der Waals surface area contributed by atoms with Gasteiger partial charge in [-0.3, -0.25) is 10.1 Å². The quantitative estimate of drug-likeness (QED) is 0.337. The number of piperidine rings is 1. The molecule has 0 saturated carbocycles. The summed E-state index contributed by atoms with van der Waals surface area (Å²) in [4.78, 5) is 30.2. The molecule has 178 valence electrons. The summed E-state index contributed by atoms with van der Waals surface area (Å²) in [6.45, 7) is 1.12. The molecule has 0 atom stereocenters. The van der Waals surface area contributed by atoms with Gasteiger partial charge in [-0.25, -0.2) is 9.78 Å². The number of halogens is 1. The normalized spacial score (nSPS) is 14.0. The molecule has 3 aromatic rings. The number of aromatic nitrogens is 1. The van der Waals surface area contributed by atoms with Crippen LogP contribution < -0.4 is 14.8 Å². The van der Waals surface area contributed by atoms with Gasteiger partial charge < -0.3 is 19.7 Å². The van der Waals surface area contributed by atoms with Gasteiger partial charge in [0.25, 0.3) is 5.69 Å². The monoisotopic (exact) mass is 502 g/mol. The molecule has 4 rings (SSSR count). The standard InChI is InChI=1S/C23H23ClN4O5S/c1-32-20-12-21(33-2)17(11-16(20)24)26-23(29)27-9-7-14(8-10-27)22-25-18(13-34-22)15-5-3-4-6-19(15)28(30)31/h3-6,11-14H,7-10H2,1-2H3,(H,26,29). The number of ether oxygens (including phenoxy) is 2. The predicted octanol–water partition coefficient (Wildman–Crippen LogP) is 5.80. The highest BCUT2D eigenvalue weighted by atomic mass is 35.5. The van der Waals surface area contributed by atoms with Gasteiger partial charge in [-0.05, 0) is 25.0 Å². The molecular weight excluding hydrogens is 480 g/mol. The van der Waals surface area contributed by atoms with E-state index in [0.29, 0.717) is 46.6 Å². The first kappa shape index (κ1) is 23.8. The Morgan fingerprint density at radius 2 is 1.91 bits per heavy atom. The Kier molecular flexibility index (Phi) is 7.18. The summed E-state index contributed by atoms with van der Waals surface area (Å²) >= 11 is 7.70. The van der Waals surface area contributed by atoms with Crippen LogP contribution in [-0.4, -0.2) is 48.1 Å². The zero-order valence-corrected chi connectivity index (χ0v) is 20.2. The van der Waals surface area contributed by atoms with Crippen LogP contribution in [0.4, 0.5) is 16.2 Å². The van der Waals surface area contributed by atoms with E-state index in [9.17, 15) is 14.9 Å². The molecule has 0 bridgehead atoms. The van der Waals surface area contributed by atoms with Crippen LogP contribution in [0.15, 0.2) is 41.8 Å². The molecular formula is C23H23ClN4O5S. The molecule has 2 heterocycles. The average molecular weight is 503 g/mol. The Bertz CT molecular complexity index is 1210. The van der Waals surface area contributed by atoms with Crippen molar-refractivity contribution in [3.63, 3.8) is 0 Å². The first-order chi connectivity index (χ1) is 16.4. The number of para-hydroxylation sites is 1. The number of nitrogens with one attached hydrogen (secondary N) is 1. The number of likely N-dealkylation sites (tertiary alicyclic amines) is 1. The maximum atomic E-state index is 12.8. The molecule has 0 spiro atoms. The fraction of sp³-hybridized carbons (Fsp3) is 0.304. The summed E-state index contributed by atoms with van der Waals surface area (Å²) in [5.74, 6) is 1.10. The van der Waals surface area contributed by atoms with E-state index in [1.807, 2.05) is 5.38 Å². The van der Waals surface area contributed by atoms with Crippen molar-refractivity contribution < 1.29 is 19.2 Å². The van der Waals surface area contributed by atoms with Crippen molar-refractivity contribution in [3.05, 3.63) is 61.9 Å². The number of hydrogen-bond donors (Lipinski definition) is 1. The number of thiazole rings is 1. The van der Waals surface area contributed by atoms with E-state index in [4.69, 9.17) is 21.1 Å². The van der Waals surface area contributed by atoms with Gasteiger partial charge in [0.15, 0.2) is 0 Å². The van der Waals surface area contributed by atoms with Crippen LogP contribution in [0.3, 0.4) is 0 Å². The van der Waals surface area contributed by atoms with Crippen molar-refractivity contribution in [1.29, 1.82) is 0 Å². The topological polar surface area (TPSA) is 107 Å². The Labute approximate surface area is 205 Å². The minimum Gasteiger partial charge on any atom is -0.495 e. The summed E-state index contributed by atoms with van der Waals surface area (Å²) in [7, 11) is 3.02.